The average molecular weight is 393 g/mol. The Morgan fingerprint density at radius 1 is 1.43 bits per heavy atom. The summed E-state index contributed by atoms with van der Waals surface area (Å²) in [4.78, 5) is 26.5. The summed E-state index contributed by atoms with van der Waals surface area (Å²) in [6.07, 6.45) is -0.983. The van der Waals surface area contributed by atoms with Gasteiger partial charge in [0.1, 0.15) is 11.9 Å². The zero-order chi connectivity index (χ0) is 20.1. The molecule has 1 aromatic carbocycles. The van der Waals surface area contributed by atoms with Gasteiger partial charge in [0.05, 0.1) is 24.5 Å². The monoisotopic (exact) mass is 393 g/mol. The zero-order valence-corrected chi connectivity index (χ0v) is 16.3. The molecular weight excluding hydrogens is 365 g/mol. The Bertz CT molecular complexity index is 711. The second-order valence-electron chi connectivity index (χ2n) is 7.08. The molecule has 3 N–H and O–H groups in total. The molecule has 0 saturated carbocycles. The average Bonchev–Trinajstić information content (AvgIpc) is 3.06. The Morgan fingerprint density at radius 3 is 2.89 bits per heavy atom. The molecule has 2 saturated heterocycles. The summed E-state index contributed by atoms with van der Waals surface area (Å²) in [5.41, 5.74) is 0.964. The van der Waals surface area contributed by atoms with Crippen molar-refractivity contribution in [2.24, 2.45) is 0 Å². The molecule has 0 aliphatic carbocycles. The molecule has 2 amide bonds. The minimum absolute atomic E-state index is 0.188. The molecule has 2 heterocycles. The zero-order valence-electron chi connectivity index (χ0n) is 16.3. The predicted molar refractivity (Wildman–Crippen MR) is 105 cm³/mol. The molecule has 0 spiro atoms. The minimum atomic E-state index is -0.535. The molecule has 28 heavy (non-hydrogen) atoms. The van der Waals surface area contributed by atoms with Gasteiger partial charge < -0.3 is 25.6 Å². The maximum absolute atomic E-state index is 14.9. The smallest absolute Gasteiger partial charge is 0.414 e. The molecule has 2 aliphatic heterocycles. The standard InChI is InChI=1S/C19H28FN5O3/c1-3-24(11-14-9-21-6-7-22-14)18-5-4-15(8-17(18)20)25-12-16(28-19(25)27)10-23-13(2)26/h4-5,8,14,16,21-22H,3,6-7,9-12H2,1-2H3,(H,23,26)/t14-,16+/m1/s1. The third-order valence-corrected chi connectivity index (χ3v) is 4.98. The first-order valence-corrected chi connectivity index (χ1v) is 9.69. The van der Waals surface area contributed by atoms with Crippen molar-refractivity contribution in [3.05, 3.63) is 24.0 Å². The number of anilines is 2. The highest BCUT2D eigenvalue weighted by Crippen LogP contribution is 2.28. The number of nitrogens with one attached hydrogen (secondary N) is 3. The van der Waals surface area contributed by atoms with E-state index in [1.807, 2.05) is 11.8 Å². The van der Waals surface area contributed by atoms with Gasteiger partial charge in [-0.3, -0.25) is 9.69 Å². The lowest BCUT2D eigenvalue weighted by Gasteiger charge is -2.32. The van der Waals surface area contributed by atoms with Crippen LogP contribution >= 0.6 is 0 Å². The van der Waals surface area contributed by atoms with Crippen molar-refractivity contribution >= 4 is 23.4 Å². The molecule has 1 aromatic rings. The third kappa shape index (κ3) is 4.90. The van der Waals surface area contributed by atoms with E-state index in [9.17, 15) is 14.0 Å². The van der Waals surface area contributed by atoms with Crippen LogP contribution in [0.3, 0.4) is 0 Å². The number of ether oxygens (including phenoxy) is 1. The molecule has 154 valence electrons. The maximum Gasteiger partial charge on any atom is 0.414 e. The molecule has 3 rings (SSSR count). The Balaban J connectivity index is 1.67. The van der Waals surface area contributed by atoms with E-state index >= 15 is 0 Å². The van der Waals surface area contributed by atoms with Gasteiger partial charge in [0.2, 0.25) is 5.91 Å². The number of hydrogen-bond acceptors (Lipinski definition) is 6. The highest BCUT2D eigenvalue weighted by atomic mass is 19.1. The number of rotatable bonds is 7. The summed E-state index contributed by atoms with van der Waals surface area (Å²) in [5, 5.41) is 9.40. The van der Waals surface area contributed by atoms with Crippen LogP contribution in [0.25, 0.3) is 0 Å². The fraction of sp³-hybridized carbons (Fsp3) is 0.579. The van der Waals surface area contributed by atoms with E-state index < -0.39 is 12.2 Å². The number of benzene rings is 1. The number of cyclic esters (lactones) is 1. The number of hydrogen-bond donors (Lipinski definition) is 3. The van der Waals surface area contributed by atoms with Crippen molar-refractivity contribution in [2.45, 2.75) is 26.0 Å². The van der Waals surface area contributed by atoms with Gasteiger partial charge in [-0.2, -0.15) is 0 Å². The van der Waals surface area contributed by atoms with E-state index in [2.05, 4.69) is 16.0 Å². The van der Waals surface area contributed by atoms with Gasteiger partial charge in [0.15, 0.2) is 0 Å². The van der Waals surface area contributed by atoms with E-state index in [4.69, 9.17) is 4.74 Å². The molecule has 0 aromatic heterocycles. The lowest BCUT2D eigenvalue weighted by atomic mass is 10.1. The largest absolute Gasteiger partial charge is 0.442 e. The number of carbonyl (C=O) groups is 2. The van der Waals surface area contributed by atoms with Crippen molar-refractivity contribution in [1.82, 2.24) is 16.0 Å². The molecule has 0 unspecified atom stereocenters. The van der Waals surface area contributed by atoms with Crippen LogP contribution in [0.4, 0.5) is 20.6 Å². The summed E-state index contributed by atoms with van der Waals surface area (Å²) in [6.45, 7) is 7.99. The van der Waals surface area contributed by atoms with Crippen LogP contribution in [-0.4, -0.2) is 70.0 Å². The summed E-state index contributed by atoms with van der Waals surface area (Å²) < 4.78 is 20.1. The van der Waals surface area contributed by atoms with Crippen LogP contribution in [0.1, 0.15) is 13.8 Å². The van der Waals surface area contributed by atoms with Gasteiger partial charge in [-0.05, 0) is 25.1 Å². The number of likely N-dealkylation sites (N-methyl/N-ethyl adjacent to an activating group) is 1. The lowest BCUT2D eigenvalue weighted by molar-refractivity contribution is -0.119. The number of nitrogens with zero attached hydrogens (tertiary/aromatic N) is 2. The maximum atomic E-state index is 14.9. The van der Waals surface area contributed by atoms with Crippen molar-refractivity contribution in [1.29, 1.82) is 0 Å². The van der Waals surface area contributed by atoms with E-state index in [-0.39, 0.29) is 30.9 Å². The normalized spacial score (nSPS) is 22.1. The number of halogens is 1. The number of piperazine rings is 1. The highest BCUT2D eigenvalue weighted by Gasteiger charge is 2.33. The van der Waals surface area contributed by atoms with Gasteiger partial charge in [0, 0.05) is 45.7 Å². The fourth-order valence-electron chi connectivity index (χ4n) is 3.52. The van der Waals surface area contributed by atoms with Crippen molar-refractivity contribution < 1.29 is 18.7 Å². The summed E-state index contributed by atoms with van der Waals surface area (Å²) in [6, 6.07) is 5.07. The summed E-state index contributed by atoms with van der Waals surface area (Å²) in [7, 11) is 0. The SMILES string of the molecule is CCN(C[C@H]1CNCCN1)c1ccc(N2C[C@H](CNC(C)=O)OC2=O)cc1F. The Labute approximate surface area is 164 Å². The van der Waals surface area contributed by atoms with Crippen LogP contribution < -0.4 is 25.8 Å². The van der Waals surface area contributed by atoms with Crippen molar-refractivity contribution in [3.8, 4) is 0 Å². The van der Waals surface area contributed by atoms with E-state index in [0.29, 0.717) is 24.5 Å². The first kappa shape index (κ1) is 20.3. The first-order chi connectivity index (χ1) is 13.5. The van der Waals surface area contributed by atoms with Crippen LogP contribution in [0.2, 0.25) is 0 Å². The molecule has 2 fully saturated rings. The molecule has 8 nitrogen and oxygen atoms in total. The number of carbonyl (C=O) groups excluding carboxylic acids is 2. The van der Waals surface area contributed by atoms with Crippen LogP contribution in [-0.2, 0) is 9.53 Å². The second kappa shape index (κ2) is 9.20. The topological polar surface area (TPSA) is 85.9 Å². The van der Waals surface area contributed by atoms with Crippen molar-refractivity contribution in [3.63, 3.8) is 0 Å². The van der Waals surface area contributed by atoms with Gasteiger partial charge in [-0.1, -0.05) is 0 Å². The second-order valence-corrected chi connectivity index (χ2v) is 7.08. The number of amides is 2. The van der Waals surface area contributed by atoms with Crippen LogP contribution in [0.15, 0.2) is 18.2 Å². The predicted octanol–water partition coefficient (Wildman–Crippen LogP) is 0.675. The van der Waals surface area contributed by atoms with E-state index in [0.717, 1.165) is 19.6 Å². The summed E-state index contributed by atoms with van der Waals surface area (Å²) >= 11 is 0. The summed E-state index contributed by atoms with van der Waals surface area (Å²) in [5.74, 6) is -0.562. The molecule has 0 bridgehead atoms. The molecule has 9 heteroatoms. The Hall–Kier alpha value is -2.39. The minimum Gasteiger partial charge on any atom is -0.442 e. The quantitative estimate of drug-likeness (QED) is 0.632. The van der Waals surface area contributed by atoms with Crippen LogP contribution in [0.5, 0.6) is 0 Å². The van der Waals surface area contributed by atoms with Gasteiger partial charge in [0.25, 0.3) is 0 Å². The first-order valence-electron chi connectivity index (χ1n) is 9.69. The van der Waals surface area contributed by atoms with Gasteiger partial charge >= 0.3 is 6.09 Å². The highest BCUT2D eigenvalue weighted by molar-refractivity contribution is 5.90. The van der Waals surface area contributed by atoms with Gasteiger partial charge in [-0.25, -0.2) is 9.18 Å². The Kier molecular flexibility index (Phi) is 6.69. The Morgan fingerprint density at radius 2 is 2.25 bits per heavy atom. The fourth-order valence-corrected chi connectivity index (χ4v) is 3.52. The van der Waals surface area contributed by atoms with Gasteiger partial charge in [-0.15, -0.1) is 0 Å². The lowest BCUT2D eigenvalue weighted by Crippen LogP contribution is -2.53. The molecule has 0 radical (unpaired) electrons. The molecule has 2 aliphatic rings. The third-order valence-electron chi connectivity index (χ3n) is 4.98. The van der Waals surface area contributed by atoms with Crippen LogP contribution in [0, 0.1) is 5.82 Å². The molecular formula is C19H28FN5O3. The van der Waals surface area contributed by atoms with Crippen molar-refractivity contribution in [2.75, 3.05) is 55.6 Å². The van der Waals surface area contributed by atoms with E-state index in [1.54, 1.807) is 12.1 Å². The van der Waals surface area contributed by atoms with E-state index in [1.165, 1.54) is 17.9 Å². The molecule has 2 atom stereocenters.